The van der Waals surface area contributed by atoms with Gasteiger partial charge < -0.3 is 19.3 Å². The van der Waals surface area contributed by atoms with Crippen LogP contribution in [0.1, 0.15) is 33.9 Å². The molecule has 1 aromatic heterocycles. The lowest BCUT2D eigenvalue weighted by Crippen LogP contribution is -2.29. The Kier molecular flexibility index (Phi) is 9.74. The number of nitrogens with zero attached hydrogens (tertiary/aromatic N) is 3. The molecule has 4 aromatic carbocycles. The molecule has 0 bridgehead atoms. The summed E-state index contributed by atoms with van der Waals surface area (Å²) >= 11 is 2.35. The average molecular weight is 684 g/mol. The molecule has 48 heavy (non-hydrogen) atoms. The Balaban J connectivity index is 1.34. The summed E-state index contributed by atoms with van der Waals surface area (Å²) in [6.07, 6.45) is 0. The van der Waals surface area contributed by atoms with E-state index in [-0.39, 0.29) is 22.3 Å². The zero-order chi connectivity index (χ0) is 33.8. The fourth-order valence-electron chi connectivity index (χ4n) is 5.28. The molecule has 1 aliphatic rings. The van der Waals surface area contributed by atoms with Crippen molar-refractivity contribution in [1.82, 2.24) is 10.2 Å². The molecule has 1 atom stereocenters. The number of ketones is 1. The van der Waals surface area contributed by atoms with Gasteiger partial charge in [-0.15, -0.1) is 10.2 Å². The van der Waals surface area contributed by atoms with Gasteiger partial charge in [0.1, 0.15) is 23.9 Å². The number of carbonyl (C=O) groups is 2. The van der Waals surface area contributed by atoms with Crippen LogP contribution >= 0.6 is 23.1 Å². The Labute approximate surface area is 284 Å². The molecule has 0 spiro atoms. The van der Waals surface area contributed by atoms with Crippen molar-refractivity contribution >= 4 is 45.7 Å². The van der Waals surface area contributed by atoms with E-state index in [1.54, 1.807) is 60.7 Å². The summed E-state index contributed by atoms with van der Waals surface area (Å²) in [5, 5.41) is 20.2. The van der Waals surface area contributed by atoms with E-state index in [1.807, 2.05) is 31.2 Å². The van der Waals surface area contributed by atoms with Crippen molar-refractivity contribution in [3.63, 3.8) is 0 Å². The first-order chi connectivity index (χ1) is 23.3. The fourth-order valence-corrected chi connectivity index (χ4v) is 7.13. The molecule has 12 heteroatoms. The van der Waals surface area contributed by atoms with E-state index >= 15 is 0 Å². The number of aliphatic hydroxyl groups is 1. The van der Waals surface area contributed by atoms with Crippen molar-refractivity contribution in [2.75, 3.05) is 19.1 Å². The number of ether oxygens (including phenoxy) is 3. The summed E-state index contributed by atoms with van der Waals surface area (Å²) in [6.45, 7) is 2.38. The van der Waals surface area contributed by atoms with E-state index in [0.29, 0.717) is 50.6 Å². The van der Waals surface area contributed by atoms with Gasteiger partial charge in [-0.25, -0.2) is 4.39 Å². The van der Waals surface area contributed by atoms with Gasteiger partial charge in [0.15, 0.2) is 15.8 Å². The predicted molar refractivity (Wildman–Crippen MR) is 182 cm³/mol. The molecule has 1 fully saturated rings. The number of halogens is 1. The van der Waals surface area contributed by atoms with Crippen LogP contribution in [0.5, 0.6) is 17.2 Å². The van der Waals surface area contributed by atoms with E-state index in [9.17, 15) is 19.1 Å². The van der Waals surface area contributed by atoms with Gasteiger partial charge in [-0.3, -0.25) is 14.5 Å². The molecule has 244 valence electrons. The summed E-state index contributed by atoms with van der Waals surface area (Å²) in [7, 11) is 2.98. The summed E-state index contributed by atoms with van der Waals surface area (Å²) in [4.78, 5) is 28.6. The maximum Gasteiger partial charge on any atom is 0.301 e. The van der Waals surface area contributed by atoms with Gasteiger partial charge >= 0.3 is 5.91 Å². The van der Waals surface area contributed by atoms with E-state index in [2.05, 4.69) is 10.2 Å². The van der Waals surface area contributed by atoms with E-state index in [0.717, 1.165) is 22.5 Å². The third-order valence-electron chi connectivity index (χ3n) is 7.86. The monoisotopic (exact) mass is 683 g/mol. The number of rotatable bonds is 11. The molecule has 0 aliphatic carbocycles. The van der Waals surface area contributed by atoms with Crippen LogP contribution in [0.3, 0.4) is 0 Å². The number of aromatic nitrogens is 2. The highest BCUT2D eigenvalue weighted by molar-refractivity contribution is 8.00. The van der Waals surface area contributed by atoms with Gasteiger partial charge in [0.05, 0.1) is 25.8 Å². The molecular formula is C36H30FN3O6S2. The number of hydrogen-bond donors (Lipinski definition) is 1. The predicted octanol–water partition coefficient (Wildman–Crippen LogP) is 7.50. The number of benzene rings is 4. The molecule has 2 heterocycles. The molecule has 1 amide bonds. The molecule has 9 nitrogen and oxygen atoms in total. The number of hydrogen-bond acceptors (Lipinski definition) is 10. The Morgan fingerprint density at radius 3 is 2.33 bits per heavy atom. The van der Waals surface area contributed by atoms with E-state index in [1.165, 1.54) is 36.9 Å². The number of aryl methyl sites for hydroxylation is 1. The van der Waals surface area contributed by atoms with Gasteiger partial charge in [0.2, 0.25) is 5.13 Å². The Morgan fingerprint density at radius 1 is 0.917 bits per heavy atom. The molecule has 0 radical (unpaired) electrons. The second kappa shape index (κ2) is 14.3. The highest BCUT2D eigenvalue weighted by atomic mass is 32.2. The number of Topliss-reactive ketones (excluding diaryl/α,β-unsaturated/α-hetero) is 1. The Hall–Kier alpha value is -5.20. The SMILES string of the molecule is COc1ccc(C2C(=C(O)c3ccc(OCc4ccccc4C)cc3)C(=O)C(=O)N2c2nnc(SCc3ccccc3F)s2)cc1OC. The van der Waals surface area contributed by atoms with E-state index < -0.39 is 17.7 Å². The van der Waals surface area contributed by atoms with Crippen LogP contribution in [0.4, 0.5) is 9.52 Å². The van der Waals surface area contributed by atoms with Crippen molar-refractivity contribution in [3.05, 3.63) is 130 Å². The minimum Gasteiger partial charge on any atom is -0.507 e. The fraction of sp³-hybridized carbons (Fsp3) is 0.167. The smallest absolute Gasteiger partial charge is 0.301 e. The lowest BCUT2D eigenvalue weighted by Gasteiger charge is -2.23. The van der Waals surface area contributed by atoms with Crippen LogP contribution in [-0.2, 0) is 21.9 Å². The molecule has 6 rings (SSSR count). The van der Waals surface area contributed by atoms with Gasteiger partial charge in [-0.2, -0.15) is 0 Å². The van der Waals surface area contributed by atoms with Crippen molar-refractivity contribution in [3.8, 4) is 17.2 Å². The minimum absolute atomic E-state index is 0.128. The molecule has 0 saturated carbocycles. The van der Waals surface area contributed by atoms with Crippen LogP contribution in [0.2, 0.25) is 0 Å². The minimum atomic E-state index is -1.07. The van der Waals surface area contributed by atoms with Gasteiger partial charge in [-0.1, -0.05) is 71.6 Å². The number of aliphatic hydroxyl groups excluding tert-OH is 1. The number of thioether (sulfide) groups is 1. The number of amides is 1. The number of methoxy groups -OCH3 is 2. The maximum absolute atomic E-state index is 14.2. The molecule has 1 saturated heterocycles. The summed E-state index contributed by atoms with van der Waals surface area (Å²) in [6, 6.07) is 24.9. The zero-order valence-corrected chi connectivity index (χ0v) is 27.8. The molecule has 1 aliphatic heterocycles. The van der Waals surface area contributed by atoms with E-state index in [4.69, 9.17) is 14.2 Å². The van der Waals surface area contributed by atoms with Crippen LogP contribution in [0.25, 0.3) is 5.76 Å². The highest BCUT2D eigenvalue weighted by Crippen LogP contribution is 2.45. The van der Waals surface area contributed by atoms with Crippen LogP contribution < -0.4 is 19.1 Å². The molecule has 1 unspecified atom stereocenters. The topological polar surface area (TPSA) is 111 Å². The lowest BCUT2D eigenvalue weighted by molar-refractivity contribution is -0.132. The summed E-state index contributed by atoms with van der Waals surface area (Å²) < 4.78 is 31.5. The zero-order valence-electron chi connectivity index (χ0n) is 26.2. The van der Waals surface area contributed by atoms with Gasteiger partial charge in [0.25, 0.3) is 5.78 Å². The van der Waals surface area contributed by atoms with Crippen molar-refractivity contribution in [2.24, 2.45) is 0 Å². The van der Waals surface area contributed by atoms with Crippen molar-refractivity contribution < 1.29 is 33.3 Å². The molecule has 1 N–H and O–H groups in total. The first kappa shape index (κ1) is 32.7. The Bertz CT molecular complexity index is 2010. The van der Waals surface area contributed by atoms with Gasteiger partial charge in [-0.05, 0) is 71.6 Å². The maximum atomic E-state index is 14.2. The van der Waals surface area contributed by atoms with Crippen molar-refractivity contribution in [1.29, 1.82) is 0 Å². The lowest BCUT2D eigenvalue weighted by atomic mass is 9.95. The normalized spacial score (nSPS) is 15.5. The summed E-state index contributed by atoms with van der Waals surface area (Å²) in [5.41, 5.74) is 3.32. The number of carbonyl (C=O) groups excluding carboxylic acids is 2. The highest BCUT2D eigenvalue weighted by Gasteiger charge is 2.48. The third-order valence-corrected chi connectivity index (χ3v) is 9.97. The van der Waals surface area contributed by atoms with Crippen molar-refractivity contribution in [2.45, 2.75) is 29.7 Å². The van der Waals surface area contributed by atoms with Crippen LogP contribution in [-0.4, -0.2) is 41.2 Å². The first-order valence-electron chi connectivity index (χ1n) is 14.8. The Morgan fingerprint density at radius 2 is 1.62 bits per heavy atom. The van der Waals surface area contributed by atoms with Gasteiger partial charge in [0, 0.05) is 11.3 Å². The first-order valence-corrected chi connectivity index (χ1v) is 16.6. The largest absolute Gasteiger partial charge is 0.507 e. The molecule has 5 aromatic rings. The van der Waals surface area contributed by atoms with Crippen LogP contribution in [0.15, 0.2) is 101 Å². The van der Waals surface area contributed by atoms with Crippen LogP contribution in [0, 0.1) is 12.7 Å². The second-order valence-electron chi connectivity index (χ2n) is 10.8. The molecular weight excluding hydrogens is 654 g/mol. The second-order valence-corrected chi connectivity index (χ2v) is 12.9. The average Bonchev–Trinajstić information content (AvgIpc) is 3.68. The number of anilines is 1. The standard InChI is InChI=1S/C36H30FN3O6S2/c1-21-8-4-5-9-24(21)19-46-26-15-12-22(13-16-26)32(41)30-31(23-14-17-28(44-2)29(18-23)45-3)40(34(43)33(30)42)35-38-39-36(48-35)47-20-25-10-6-7-11-27(25)37/h4-18,31,41H,19-20H2,1-3H3. The quantitative estimate of drug-likeness (QED) is 0.0498. The summed E-state index contributed by atoms with van der Waals surface area (Å²) in [5.74, 6) is -0.778. The third kappa shape index (κ3) is 6.62.